The molecule has 0 fully saturated rings. The minimum Gasteiger partial charge on any atom is -0.495 e. The van der Waals surface area contributed by atoms with Gasteiger partial charge in [-0.3, -0.25) is 9.59 Å². The van der Waals surface area contributed by atoms with Gasteiger partial charge in [-0.25, -0.2) is 9.07 Å². The molecule has 3 aromatic rings. The summed E-state index contributed by atoms with van der Waals surface area (Å²) in [6.45, 7) is -0.350. The Hall–Kier alpha value is -3.19. The van der Waals surface area contributed by atoms with Gasteiger partial charge in [0.05, 0.1) is 18.5 Å². The lowest BCUT2D eigenvalue weighted by molar-refractivity contribution is -0.117. The number of rotatable bonds is 5. The standard InChI is InChI=1S/C19H15ClFN3O3/c1-27-17-8-6-12(20)10-16(17)22-18(25)11-24-19(26)9-7-15(23-24)13-4-2-3-5-14(13)21/h2-10H,11H2,1H3,(H,22,25). The van der Waals surface area contributed by atoms with E-state index in [1.165, 1.54) is 31.4 Å². The largest absolute Gasteiger partial charge is 0.495 e. The highest BCUT2D eigenvalue weighted by atomic mass is 35.5. The SMILES string of the molecule is COc1ccc(Cl)cc1NC(=O)Cn1nc(-c2ccccc2F)ccc1=O. The number of aromatic nitrogens is 2. The van der Waals surface area contributed by atoms with Gasteiger partial charge in [0.25, 0.3) is 5.56 Å². The van der Waals surface area contributed by atoms with Crippen LogP contribution in [0.5, 0.6) is 5.75 Å². The summed E-state index contributed by atoms with van der Waals surface area (Å²) in [5.74, 6) is -0.549. The number of ether oxygens (including phenoxy) is 1. The second-order valence-corrected chi connectivity index (χ2v) is 6.02. The van der Waals surface area contributed by atoms with Crippen molar-refractivity contribution in [1.29, 1.82) is 0 Å². The van der Waals surface area contributed by atoms with Gasteiger partial charge in [0.2, 0.25) is 5.91 Å². The number of nitrogens with one attached hydrogen (secondary N) is 1. The van der Waals surface area contributed by atoms with E-state index in [-0.39, 0.29) is 17.8 Å². The van der Waals surface area contributed by atoms with Crippen LogP contribution in [0.15, 0.2) is 59.4 Å². The number of methoxy groups -OCH3 is 1. The molecule has 0 saturated carbocycles. The van der Waals surface area contributed by atoms with Crippen molar-refractivity contribution in [1.82, 2.24) is 9.78 Å². The molecule has 1 N–H and O–H groups in total. The van der Waals surface area contributed by atoms with Crippen LogP contribution >= 0.6 is 11.6 Å². The van der Waals surface area contributed by atoms with Crippen LogP contribution in [0.3, 0.4) is 0 Å². The van der Waals surface area contributed by atoms with Crippen LogP contribution in [0.4, 0.5) is 10.1 Å². The van der Waals surface area contributed by atoms with E-state index in [0.717, 1.165) is 4.68 Å². The molecule has 0 aliphatic heterocycles. The fourth-order valence-corrected chi connectivity index (χ4v) is 2.65. The number of nitrogens with zero attached hydrogens (tertiary/aromatic N) is 2. The highest BCUT2D eigenvalue weighted by molar-refractivity contribution is 6.31. The summed E-state index contributed by atoms with van der Waals surface area (Å²) < 4.78 is 20.1. The monoisotopic (exact) mass is 387 g/mol. The molecule has 0 aliphatic carbocycles. The number of benzene rings is 2. The molecule has 0 aliphatic rings. The molecule has 3 rings (SSSR count). The quantitative estimate of drug-likeness (QED) is 0.728. The average molecular weight is 388 g/mol. The Kier molecular flexibility index (Phi) is 5.52. The van der Waals surface area contributed by atoms with Crippen molar-refractivity contribution < 1.29 is 13.9 Å². The first-order chi connectivity index (χ1) is 13.0. The summed E-state index contributed by atoms with van der Waals surface area (Å²) >= 11 is 5.94. The zero-order valence-corrected chi connectivity index (χ0v) is 15.0. The predicted octanol–water partition coefficient (Wildman–Crippen LogP) is 3.35. The molecule has 0 saturated heterocycles. The summed E-state index contributed by atoms with van der Waals surface area (Å²) in [4.78, 5) is 24.4. The number of anilines is 1. The van der Waals surface area contributed by atoms with E-state index in [9.17, 15) is 14.0 Å². The van der Waals surface area contributed by atoms with Gasteiger partial charge in [-0.1, -0.05) is 23.7 Å². The fraction of sp³-hybridized carbons (Fsp3) is 0.105. The van der Waals surface area contributed by atoms with Crippen LogP contribution in [0.2, 0.25) is 5.02 Å². The van der Waals surface area contributed by atoms with Crippen LogP contribution < -0.4 is 15.6 Å². The molecule has 0 atom stereocenters. The van der Waals surface area contributed by atoms with Gasteiger partial charge in [0.15, 0.2) is 0 Å². The van der Waals surface area contributed by atoms with Crippen molar-refractivity contribution in [2.24, 2.45) is 0 Å². The highest BCUT2D eigenvalue weighted by Gasteiger charge is 2.12. The molecule has 138 valence electrons. The Morgan fingerprint density at radius 2 is 2.00 bits per heavy atom. The van der Waals surface area contributed by atoms with E-state index in [4.69, 9.17) is 16.3 Å². The molecular formula is C19H15ClFN3O3. The second-order valence-electron chi connectivity index (χ2n) is 5.59. The third-order valence-corrected chi connectivity index (χ3v) is 3.98. The number of carbonyl (C=O) groups excluding carboxylic acids is 1. The highest BCUT2D eigenvalue weighted by Crippen LogP contribution is 2.27. The molecule has 6 nitrogen and oxygen atoms in total. The van der Waals surface area contributed by atoms with Gasteiger partial charge >= 0.3 is 0 Å². The van der Waals surface area contributed by atoms with Crippen molar-refractivity contribution in [3.63, 3.8) is 0 Å². The summed E-state index contributed by atoms with van der Waals surface area (Å²) in [6.07, 6.45) is 0. The number of hydrogen-bond donors (Lipinski definition) is 1. The maximum atomic E-state index is 13.9. The van der Waals surface area contributed by atoms with Crippen LogP contribution in [0.25, 0.3) is 11.3 Å². The molecule has 0 spiro atoms. The van der Waals surface area contributed by atoms with Gasteiger partial charge in [-0.15, -0.1) is 0 Å². The average Bonchev–Trinajstić information content (AvgIpc) is 2.64. The molecule has 0 bridgehead atoms. The van der Waals surface area contributed by atoms with Gasteiger partial charge in [0.1, 0.15) is 18.1 Å². The zero-order chi connectivity index (χ0) is 19.4. The first-order valence-corrected chi connectivity index (χ1v) is 8.32. The summed E-state index contributed by atoms with van der Waals surface area (Å²) in [7, 11) is 1.46. The third-order valence-electron chi connectivity index (χ3n) is 3.75. The van der Waals surface area contributed by atoms with Crippen molar-refractivity contribution in [3.05, 3.63) is 75.8 Å². The normalized spacial score (nSPS) is 10.5. The topological polar surface area (TPSA) is 73.2 Å². The number of carbonyl (C=O) groups is 1. The van der Waals surface area contributed by atoms with E-state index in [2.05, 4.69) is 10.4 Å². The molecular weight excluding hydrogens is 373 g/mol. The Morgan fingerprint density at radius 1 is 1.22 bits per heavy atom. The summed E-state index contributed by atoms with van der Waals surface area (Å²) in [5.41, 5.74) is 0.376. The Morgan fingerprint density at radius 3 is 2.74 bits per heavy atom. The van der Waals surface area contributed by atoms with Gasteiger partial charge in [0, 0.05) is 16.7 Å². The third kappa shape index (κ3) is 4.32. The van der Waals surface area contributed by atoms with E-state index in [0.29, 0.717) is 16.5 Å². The molecule has 0 radical (unpaired) electrons. The lowest BCUT2D eigenvalue weighted by atomic mass is 10.1. The van der Waals surface area contributed by atoms with Crippen molar-refractivity contribution in [2.75, 3.05) is 12.4 Å². The maximum absolute atomic E-state index is 13.9. The maximum Gasteiger partial charge on any atom is 0.267 e. The molecule has 1 heterocycles. The number of halogens is 2. The lowest BCUT2D eigenvalue weighted by Crippen LogP contribution is -2.29. The fourth-order valence-electron chi connectivity index (χ4n) is 2.48. The Balaban J connectivity index is 1.84. The molecule has 1 amide bonds. The Labute approximate surface area is 159 Å². The molecule has 8 heteroatoms. The van der Waals surface area contributed by atoms with Gasteiger partial charge in [-0.2, -0.15) is 5.10 Å². The van der Waals surface area contributed by atoms with Crippen LogP contribution in [-0.4, -0.2) is 22.8 Å². The van der Waals surface area contributed by atoms with Crippen LogP contribution in [0.1, 0.15) is 0 Å². The summed E-state index contributed by atoms with van der Waals surface area (Å²) in [6, 6.07) is 13.5. The van der Waals surface area contributed by atoms with Crippen molar-refractivity contribution in [3.8, 4) is 17.0 Å². The molecule has 27 heavy (non-hydrogen) atoms. The molecule has 1 aromatic heterocycles. The minimum atomic E-state index is -0.504. The van der Waals surface area contributed by atoms with E-state index >= 15 is 0 Å². The van der Waals surface area contributed by atoms with Crippen LogP contribution in [-0.2, 0) is 11.3 Å². The van der Waals surface area contributed by atoms with Crippen LogP contribution in [0, 0.1) is 5.82 Å². The summed E-state index contributed by atoms with van der Waals surface area (Å²) in [5, 5.41) is 7.14. The predicted molar refractivity (Wildman–Crippen MR) is 101 cm³/mol. The number of amides is 1. The van der Waals surface area contributed by atoms with Gasteiger partial charge < -0.3 is 10.1 Å². The van der Waals surface area contributed by atoms with E-state index < -0.39 is 17.3 Å². The van der Waals surface area contributed by atoms with E-state index in [1.807, 2.05) is 0 Å². The Bertz CT molecular complexity index is 1050. The lowest BCUT2D eigenvalue weighted by Gasteiger charge is -2.11. The first kappa shape index (κ1) is 18.6. The van der Waals surface area contributed by atoms with E-state index in [1.54, 1.807) is 30.3 Å². The smallest absolute Gasteiger partial charge is 0.267 e. The minimum absolute atomic E-state index is 0.239. The molecule has 2 aromatic carbocycles. The van der Waals surface area contributed by atoms with Crippen molar-refractivity contribution in [2.45, 2.75) is 6.54 Å². The van der Waals surface area contributed by atoms with Crippen molar-refractivity contribution >= 4 is 23.2 Å². The van der Waals surface area contributed by atoms with Gasteiger partial charge in [-0.05, 0) is 36.4 Å². The first-order valence-electron chi connectivity index (χ1n) is 7.94. The number of hydrogen-bond acceptors (Lipinski definition) is 4. The molecule has 0 unspecified atom stereocenters. The second kappa shape index (κ2) is 8.01. The zero-order valence-electron chi connectivity index (χ0n) is 14.3.